The van der Waals surface area contributed by atoms with Crippen LogP contribution in [0.25, 0.3) is 0 Å². The molecule has 0 aromatic carbocycles. The molecule has 0 heteroatoms. The van der Waals surface area contributed by atoms with E-state index >= 15 is 0 Å². The van der Waals surface area contributed by atoms with Gasteiger partial charge in [-0.3, -0.25) is 0 Å². The summed E-state index contributed by atoms with van der Waals surface area (Å²) in [6, 6.07) is 0. The van der Waals surface area contributed by atoms with Crippen molar-refractivity contribution in [2.75, 3.05) is 0 Å². The van der Waals surface area contributed by atoms with Gasteiger partial charge in [0.2, 0.25) is 0 Å². The standard InChI is InChI=1S/C32H56/c1-3-5-23-7-9-31-21-29(17-15-27(31)19-23)25-11-13-26(14-12-25)30-18-16-28-20-24(6-4-2)8-10-32(28)22-30/h23-32H,3-22H2,1-2H3. The Bertz CT molecular complexity index is 506. The summed E-state index contributed by atoms with van der Waals surface area (Å²) in [6.07, 6.45) is 31.4. The molecule has 0 spiro atoms. The average Bonchev–Trinajstić information content (AvgIpc) is 2.84. The minimum atomic E-state index is 1.09. The predicted molar refractivity (Wildman–Crippen MR) is 139 cm³/mol. The summed E-state index contributed by atoms with van der Waals surface area (Å²) in [5.74, 6) is 11.1. The fourth-order valence-electron chi connectivity index (χ4n) is 10.3. The molecule has 5 fully saturated rings. The summed E-state index contributed by atoms with van der Waals surface area (Å²) in [5, 5.41) is 0. The highest BCUT2D eigenvalue weighted by Crippen LogP contribution is 2.53. The van der Waals surface area contributed by atoms with Crippen LogP contribution in [0.3, 0.4) is 0 Å². The first-order valence-corrected chi connectivity index (χ1v) is 15.7. The van der Waals surface area contributed by atoms with Gasteiger partial charge in [0, 0.05) is 0 Å². The molecule has 32 heavy (non-hydrogen) atoms. The van der Waals surface area contributed by atoms with Crippen molar-refractivity contribution >= 4 is 0 Å². The highest BCUT2D eigenvalue weighted by atomic mass is 14.5. The summed E-state index contributed by atoms with van der Waals surface area (Å²) < 4.78 is 0. The molecule has 8 unspecified atom stereocenters. The zero-order valence-corrected chi connectivity index (χ0v) is 21.9. The van der Waals surface area contributed by atoms with Crippen molar-refractivity contribution in [2.24, 2.45) is 59.2 Å². The van der Waals surface area contributed by atoms with E-state index in [0.29, 0.717) is 0 Å². The van der Waals surface area contributed by atoms with Crippen molar-refractivity contribution in [3.05, 3.63) is 0 Å². The lowest BCUT2D eigenvalue weighted by molar-refractivity contribution is 0.0348. The van der Waals surface area contributed by atoms with Gasteiger partial charge in [-0.15, -0.1) is 0 Å². The van der Waals surface area contributed by atoms with E-state index in [9.17, 15) is 0 Å². The van der Waals surface area contributed by atoms with Crippen molar-refractivity contribution in [2.45, 2.75) is 142 Å². The van der Waals surface area contributed by atoms with Crippen LogP contribution in [0.4, 0.5) is 0 Å². The van der Waals surface area contributed by atoms with E-state index in [-0.39, 0.29) is 0 Å². The largest absolute Gasteiger partial charge is 0.0654 e. The molecule has 0 heterocycles. The molecule has 0 aliphatic heterocycles. The first kappa shape index (κ1) is 23.7. The van der Waals surface area contributed by atoms with E-state index in [4.69, 9.17) is 0 Å². The second-order valence-corrected chi connectivity index (χ2v) is 13.8. The first-order valence-electron chi connectivity index (χ1n) is 15.7. The van der Waals surface area contributed by atoms with Crippen LogP contribution in [0.1, 0.15) is 142 Å². The average molecular weight is 441 g/mol. The zero-order valence-electron chi connectivity index (χ0n) is 21.9. The number of fused-ring (bicyclic) bond motifs is 2. The van der Waals surface area contributed by atoms with Crippen molar-refractivity contribution in [1.82, 2.24) is 0 Å². The minimum absolute atomic E-state index is 1.09. The Morgan fingerprint density at radius 2 is 0.625 bits per heavy atom. The highest BCUT2D eigenvalue weighted by Gasteiger charge is 2.41. The Balaban J connectivity index is 1.05. The summed E-state index contributed by atoms with van der Waals surface area (Å²) in [6.45, 7) is 4.78. The summed E-state index contributed by atoms with van der Waals surface area (Å²) in [4.78, 5) is 0. The lowest BCUT2D eigenvalue weighted by Crippen LogP contribution is -2.36. The van der Waals surface area contributed by atoms with Crippen LogP contribution in [0, 0.1) is 59.2 Å². The quantitative estimate of drug-likeness (QED) is 0.385. The molecule has 0 nitrogen and oxygen atoms in total. The fraction of sp³-hybridized carbons (Fsp3) is 1.00. The Morgan fingerprint density at radius 3 is 1.00 bits per heavy atom. The van der Waals surface area contributed by atoms with Gasteiger partial charge in [-0.2, -0.15) is 0 Å². The Morgan fingerprint density at radius 1 is 0.344 bits per heavy atom. The Kier molecular flexibility index (Phi) is 8.28. The second kappa shape index (κ2) is 11.2. The summed E-state index contributed by atoms with van der Waals surface area (Å²) in [7, 11) is 0. The topological polar surface area (TPSA) is 0 Å². The van der Waals surface area contributed by atoms with Crippen LogP contribution in [-0.2, 0) is 0 Å². The van der Waals surface area contributed by atoms with E-state index in [1.165, 1.54) is 25.7 Å². The van der Waals surface area contributed by atoms with E-state index in [2.05, 4.69) is 13.8 Å². The van der Waals surface area contributed by atoms with Crippen LogP contribution < -0.4 is 0 Å². The molecular weight excluding hydrogens is 384 g/mol. The number of rotatable bonds is 6. The number of hydrogen-bond donors (Lipinski definition) is 0. The molecule has 5 aliphatic rings. The molecule has 0 aromatic heterocycles. The van der Waals surface area contributed by atoms with Crippen molar-refractivity contribution < 1.29 is 0 Å². The van der Waals surface area contributed by atoms with Crippen LogP contribution in [0.5, 0.6) is 0 Å². The third kappa shape index (κ3) is 5.46. The first-order chi connectivity index (χ1) is 15.7. The zero-order chi connectivity index (χ0) is 21.9. The molecule has 184 valence electrons. The van der Waals surface area contributed by atoms with E-state index in [1.807, 2.05) is 0 Å². The SMILES string of the molecule is CCCC1CCC2CC(C3CCC(C4CCC5CC(CCC)CCC5C4)CC3)CCC2C1. The third-order valence-corrected chi connectivity index (χ3v) is 12.1. The molecule has 0 aromatic rings. The smallest absolute Gasteiger partial charge is 0.0383 e. The monoisotopic (exact) mass is 440 g/mol. The van der Waals surface area contributed by atoms with Gasteiger partial charge in [-0.1, -0.05) is 52.4 Å². The van der Waals surface area contributed by atoms with Crippen molar-refractivity contribution in [1.29, 1.82) is 0 Å². The molecular formula is C32H56. The molecule has 5 aliphatic carbocycles. The molecule has 0 amide bonds. The van der Waals surface area contributed by atoms with E-state index < -0.39 is 0 Å². The van der Waals surface area contributed by atoms with Crippen molar-refractivity contribution in [3.63, 3.8) is 0 Å². The normalized spacial score (nSPS) is 47.4. The fourth-order valence-corrected chi connectivity index (χ4v) is 10.3. The molecule has 0 saturated heterocycles. The Hall–Kier alpha value is 0. The van der Waals surface area contributed by atoms with Crippen LogP contribution in [-0.4, -0.2) is 0 Å². The summed E-state index contributed by atoms with van der Waals surface area (Å²) >= 11 is 0. The molecule has 5 saturated carbocycles. The van der Waals surface area contributed by atoms with Crippen LogP contribution in [0.2, 0.25) is 0 Å². The third-order valence-electron chi connectivity index (χ3n) is 12.1. The lowest BCUT2D eigenvalue weighted by Gasteiger charge is -2.47. The van der Waals surface area contributed by atoms with Gasteiger partial charge in [-0.25, -0.2) is 0 Å². The second-order valence-electron chi connectivity index (χ2n) is 13.8. The maximum Gasteiger partial charge on any atom is -0.0383 e. The number of hydrogen-bond acceptors (Lipinski definition) is 0. The highest BCUT2D eigenvalue weighted by molar-refractivity contribution is 4.92. The van der Waals surface area contributed by atoms with Crippen molar-refractivity contribution in [3.8, 4) is 0 Å². The maximum atomic E-state index is 2.39. The van der Waals surface area contributed by atoms with Gasteiger partial charge in [0.1, 0.15) is 0 Å². The van der Waals surface area contributed by atoms with Crippen LogP contribution >= 0.6 is 0 Å². The molecule has 5 rings (SSSR count). The van der Waals surface area contributed by atoms with Gasteiger partial charge in [-0.05, 0) is 149 Å². The minimum Gasteiger partial charge on any atom is -0.0654 e. The Labute approximate surface area is 201 Å². The van der Waals surface area contributed by atoms with Gasteiger partial charge in [0.15, 0.2) is 0 Å². The van der Waals surface area contributed by atoms with E-state index in [1.54, 1.807) is 103 Å². The van der Waals surface area contributed by atoms with Gasteiger partial charge < -0.3 is 0 Å². The van der Waals surface area contributed by atoms with Gasteiger partial charge >= 0.3 is 0 Å². The molecule has 0 N–H and O–H groups in total. The maximum absolute atomic E-state index is 2.39. The molecule has 0 radical (unpaired) electrons. The molecule has 0 bridgehead atoms. The van der Waals surface area contributed by atoms with Crippen LogP contribution in [0.15, 0.2) is 0 Å². The lowest BCUT2D eigenvalue weighted by atomic mass is 9.58. The van der Waals surface area contributed by atoms with Gasteiger partial charge in [0.25, 0.3) is 0 Å². The van der Waals surface area contributed by atoms with E-state index in [0.717, 1.165) is 59.2 Å². The predicted octanol–water partition coefficient (Wildman–Crippen LogP) is 10.1. The summed E-state index contributed by atoms with van der Waals surface area (Å²) in [5.41, 5.74) is 0. The molecule has 8 atom stereocenters. The van der Waals surface area contributed by atoms with Gasteiger partial charge in [0.05, 0.1) is 0 Å².